The average Bonchev–Trinajstić information content (AvgIpc) is 2.40. The first-order valence-electron chi connectivity index (χ1n) is 5.22. The lowest BCUT2D eigenvalue weighted by molar-refractivity contribution is 0.660. The molecule has 0 bridgehead atoms. The Balaban J connectivity index is 2.54. The molecule has 3 nitrogen and oxygen atoms in total. The van der Waals surface area contributed by atoms with Crippen molar-refractivity contribution in [1.29, 1.82) is 0 Å². The predicted molar refractivity (Wildman–Crippen MR) is 74.0 cm³/mol. The highest BCUT2D eigenvalue weighted by Crippen LogP contribution is 2.24. The van der Waals surface area contributed by atoms with Crippen LogP contribution in [0.4, 0.5) is 5.69 Å². The van der Waals surface area contributed by atoms with E-state index in [9.17, 15) is 4.79 Å². The van der Waals surface area contributed by atoms with Crippen LogP contribution < -0.4 is 5.43 Å². The van der Waals surface area contributed by atoms with Crippen molar-refractivity contribution in [1.82, 2.24) is 0 Å². The van der Waals surface area contributed by atoms with Crippen molar-refractivity contribution in [2.45, 2.75) is 0 Å². The molecule has 0 radical (unpaired) electrons. The molecule has 0 fully saturated rings. The number of halogens is 1. The van der Waals surface area contributed by atoms with Crippen molar-refractivity contribution >= 4 is 43.6 Å². The standard InChI is InChI=1S/C14H6BrNO2/c1-16-9-3-5-13-11(7-9)14(17)10-6-8(15)2-4-12(10)18-13/h2-7H. The van der Waals surface area contributed by atoms with Gasteiger partial charge in [0, 0.05) is 4.47 Å². The predicted octanol–water partition coefficient (Wildman–Crippen LogP) is 4.26. The molecule has 3 aromatic rings. The molecule has 4 heteroatoms. The van der Waals surface area contributed by atoms with Crippen molar-refractivity contribution in [2.24, 2.45) is 0 Å². The molecule has 0 N–H and O–H groups in total. The highest BCUT2D eigenvalue weighted by molar-refractivity contribution is 9.10. The molecule has 0 atom stereocenters. The lowest BCUT2D eigenvalue weighted by Crippen LogP contribution is -2.01. The van der Waals surface area contributed by atoms with Gasteiger partial charge < -0.3 is 4.42 Å². The first-order valence-corrected chi connectivity index (χ1v) is 6.02. The van der Waals surface area contributed by atoms with E-state index in [1.807, 2.05) is 6.07 Å². The third-order valence-electron chi connectivity index (χ3n) is 2.74. The summed E-state index contributed by atoms with van der Waals surface area (Å²) < 4.78 is 6.48. The van der Waals surface area contributed by atoms with Crippen LogP contribution in [0.5, 0.6) is 0 Å². The molecular formula is C14H6BrNO2. The minimum Gasteiger partial charge on any atom is -0.456 e. The molecule has 1 heterocycles. The molecule has 86 valence electrons. The van der Waals surface area contributed by atoms with Gasteiger partial charge in [-0.3, -0.25) is 4.79 Å². The molecule has 0 aliphatic heterocycles. The molecule has 18 heavy (non-hydrogen) atoms. The van der Waals surface area contributed by atoms with E-state index in [1.165, 1.54) is 0 Å². The highest BCUT2D eigenvalue weighted by Gasteiger charge is 2.08. The number of nitrogens with zero attached hydrogens (tertiary/aromatic N) is 1. The first-order chi connectivity index (χ1) is 8.69. The van der Waals surface area contributed by atoms with E-state index in [2.05, 4.69) is 20.8 Å². The fraction of sp³-hybridized carbons (Fsp3) is 0. The summed E-state index contributed by atoms with van der Waals surface area (Å²) in [5.74, 6) is 0. The normalized spacial score (nSPS) is 10.7. The van der Waals surface area contributed by atoms with E-state index in [0.29, 0.717) is 27.6 Å². The van der Waals surface area contributed by atoms with Crippen molar-refractivity contribution in [3.8, 4) is 0 Å². The van der Waals surface area contributed by atoms with E-state index < -0.39 is 0 Å². The van der Waals surface area contributed by atoms with Crippen LogP contribution in [0.15, 0.2) is 50.1 Å². The molecule has 0 saturated heterocycles. The third-order valence-corrected chi connectivity index (χ3v) is 3.24. The van der Waals surface area contributed by atoms with Crippen LogP contribution in [0, 0.1) is 6.57 Å². The van der Waals surface area contributed by atoms with Crippen LogP contribution in [-0.4, -0.2) is 0 Å². The maximum atomic E-state index is 12.3. The third kappa shape index (κ3) is 1.60. The largest absolute Gasteiger partial charge is 0.456 e. The van der Waals surface area contributed by atoms with Gasteiger partial charge in [0.15, 0.2) is 11.1 Å². The van der Waals surface area contributed by atoms with Gasteiger partial charge in [-0.25, -0.2) is 4.85 Å². The fourth-order valence-electron chi connectivity index (χ4n) is 1.89. The molecule has 0 amide bonds. The summed E-state index contributed by atoms with van der Waals surface area (Å²) in [6.07, 6.45) is 0. The highest BCUT2D eigenvalue weighted by atomic mass is 79.9. The van der Waals surface area contributed by atoms with E-state index in [0.717, 1.165) is 4.47 Å². The van der Waals surface area contributed by atoms with Gasteiger partial charge in [-0.2, -0.15) is 0 Å². The van der Waals surface area contributed by atoms with E-state index in [4.69, 9.17) is 11.0 Å². The Kier molecular flexibility index (Phi) is 2.42. The molecule has 0 spiro atoms. The Morgan fingerprint density at radius 1 is 1.06 bits per heavy atom. The van der Waals surface area contributed by atoms with E-state index >= 15 is 0 Å². The van der Waals surface area contributed by atoms with Gasteiger partial charge in [0.2, 0.25) is 0 Å². The first kappa shape index (κ1) is 11.0. The van der Waals surface area contributed by atoms with Crippen LogP contribution in [0.25, 0.3) is 26.8 Å². The second kappa shape index (κ2) is 3.97. The molecule has 0 aliphatic carbocycles. The second-order valence-corrected chi connectivity index (χ2v) is 4.78. The second-order valence-electron chi connectivity index (χ2n) is 3.86. The molecule has 3 rings (SSSR count). The van der Waals surface area contributed by atoms with Crippen LogP contribution in [0.1, 0.15) is 0 Å². The van der Waals surface area contributed by atoms with Gasteiger partial charge in [-0.15, -0.1) is 0 Å². The van der Waals surface area contributed by atoms with Gasteiger partial charge in [0.25, 0.3) is 0 Å². The van der Waals surface area contributed by atoms with Crippen molar-refractivity contribution < 1.29 is 4.42 Å². The Morgan fingerprint density at radius 2 is 1.72 bits per heavy atom. The SMILES string of the molecule is [C-]#[N+]c1ccc2oc3ccc(Br)cc3c(=O)c2c1. The van der Waals surface area contributed by atoms with Crippen LogP contribution >= 0.6 is 15.9 Å². The zero-order chi connectivity index (χ0) is 12.7. The van der Waals surface area contributed by atoms with E-state index in [1.54, 1.807) is 30.3 Å². The van der Waals surface area contributed by atoms with Crippen molar-refractivity contribution in [3.63, 3.8) is 0 Å². The van der Waals surface area contributed by atoms with Gasteiger partial charge >= 0.3 is 0 Å². The zero-order valence-electron chi connectivity index (χ0n) is 9.11. The lowest BCUT2D eigenvalue weighted by atomic mass is 10.1. The maximum absolute atomic E-state index is 12.3. The minimum atomic E-state index is -0.113. The smallest absolute Gasteiger partial charge is 0.199 e. The molecule has 0 saturated carbocycles. The summed E-state index contributed by atoms with van der Waals surface area (Å²) in [6.45, 7) is 6.97. The topological polar surface area (TPSA) is 34.6 Å². The maximum Gasteiger partial charge on any atom is 0.199 e. The Hall–Kier alpha value is -2.12. The summed E-state index contributed by atoms with van der Waals surface area (Å²) >= 11 is 3.33. The average molecular weight is 300 g/mol. The van der Waals surface area contributed by atoms with Gasteiger partial charge in [0.1, 0.15) is 11.2 Å². The molecule has 0 unspecified atom stereocenters. The number of hydrogen-bond acceptors (Lipinski definition) is 2. The van der Waals surface area contributed by atoms with Gasteiger partial charge in [0.05, 0.1) is 17.3 Å². The Labute approximate surface area is 111 Å². The Bertz CT molecular complexity index is 874. The number of benzene rings is 2. The summed E-state index contributed by atoms with van der Waals surface area (Å²) in [4.78, 5) is 15.6. The number of hydrogen-bond donors (Lipinski definition) is 0. The quantitative estimate of drug-likeness (QED) is 0.459. The number of rotatable bonds is 0. The zero-order valence-corrected chi connectivity index (χ0v) is 10.7. The van der Waals surface area contributed by atoms with Crippen LogP contribution in [0.3, 0.4) is 0 Å². The van der Waals surface area contributed by atoms with E-state index in [-0.39, 0.29) is 5.43 Å². The van der Waals surface area contributed by atoms with Crippen LogP contribution in [0.2, 0.25) is 0 Å². The fourth-order valence-corrected chi connectivity index (χ4v) is 2.25. The minimum absolute atomic E-state index is 0.113. The lowest BCUT2D eigenvalue weighted by Gasteiger charge is -2.02. The van der Waals surface area contributed by atoms with Gasteiger partial charge in [-0.05, 0) is 30.3 Å². The monoisotopic (exact) mass is 299 g/mol. The molecular weight excluding hydrogens is 294 g/mol. The van der Waals surface area contributed by atoms with Crippen LogP contribution in [-0.2, 0) is 0 Å². The molecule has 0 aliphatic rings. The van der Waals surface area contributed by atoms with Crippen molar-refractivity contribution in [2.75, 3.05) is 0 Å². The molecule has 2 aromatic carbocycles. The Morgan fingerprint density at radius 3 is 2.44 bits per heavy atom. The van der Waals surface area contributed by atoms with Gasteiger partial charge in [-0.1, -0.05) is 22.0 Å². The summed E-state index contributed by atoms with van der Waals surface area (Å²) in [6, 6.07) is 10.2. The summed E-state index contributed by atoms with van der Waals surface area (Å²) in [5.41, 5.74) is 1.37. The van der Waals surface area contributed by atoms with Crippen molar-refractivity contribution in [3.05, 3.63) is 62.5 Å². The summed E-state index contributed by atoms with van der Waals surface area (Å²) in [7, 11) is 0. The number of fused-ring (bicyclic) bond motifs is 2. The molecule has 1 aromatic heterocycles. The summed E-state index contributed by atoms with van der Waals surface area (Å²) in [5, 5.41) is 0.952.